The summed E-state index contributed by atoms with van der Waals surface area (Å²) < 4.78 is 5.97. The molecule has 0 aliphatic carbocycles. The molecular formula is C27H32O2. The fourth-order valence-electron chi connectivity index (χ4n) is 3.72. The number of phenols is 1. The first kappa shape index (κ1) is 21.0. The van der Waals surface area contributed by atoms with Crippen molar-refractivity contribution in [3.63, 3.8) is 0 Å². The van der Waals surface area contributed by atoms with Crippen molar-refractivity contribution in [3.05, 3.63) is 89.0 Å². The largest absolute Gasteiger partial charge is 0.504 e. The molecule has 1 atom stereocenters. The standard InChI is InChI=1S/C27H32O2/c1-4-7-21-11-14-25(15-12-21)29-27-19-23(13-16-26(27)28)17-20(3)24-10-6-9-22(18-24)8-5-2/h6,9-16,18-20,28H,4-5,7-8,17H2,1-3H3. The summed E-state index contributed by atoms with van der Waals surface area (Å²) in [5, 5.41) is 10.3. The third kappa shape index (κ3) is 5.87. The van der Waals surface area contributed by atoms with Crippen molar-refractivity contribution in [1.82, 2.24) is 0 Å². The van der Waals surface area contributed by atoms with Gasteiger partial charge in [-0.15, -0.1) is 0 Å². The van der Waals surface area contributed by atoms with E-state index < -0.39 is 0 Å². The molecule has 0 saturated carbocycles. The molecule has 0 aromatic heterocycles. The van der Waals surface area contributed by atoms with Crippen LogP contribution in [-0.4, -0.2) is 5.11 Å². The molecule has 0 radical (unpaired) electrons. The van der Waals surface area contributed by atoms with Crippen LogP contribution in [-0.2, 0) is 19.3 Å². The number of ether oxygens (including phenoxy) is 1. The summed E-state index contributed by atoms with van der Waals surface area (Å²) >= 11 is 0. The van der Waals surface area contributed by atoms with Gasteiger partial charge in [0.2, 0.25) is 0 Å². The highest BCUT2D eigenvalue weighted by atomic mass is 16.5. The SMILES string of the molecule is CCCc1ccc(Oc2cc(CC(C)c3cccc(CCC)c3)ccc2O)cc1. The Morgan fingerprint density at radius 3 is 2.21 bits per heavy atom. The summed E-state index contributed by atoms with van der Waals surface area (Å²) in [6, 6.07) is 22.7. The molecule has 3 aromatic carbocycles. The summed E-state index contributed by atoms with van der Waals surface area (Å²) in [5.74, 6) is 1.83. The maximum absolute atomic E-state index is 10.3. The molecule has 1 unspecified atom stereocenters. The van der Waals surface area contributed by atoms with Crippen LogP contribution in [0.3, 0.4) is 0 Å². The minimum Gasteiger partial charge on any atom is -0.504 e. The fraction of sp³-hybridized carbons (Fsp3) is 0.333. The summed E-state index contributed by atoms with van der Waals surface area (Å²) in [6.07, 6.45) is 5.38. The van der Waals surface area contributed by atoms with Crippen LogP contribution in [0.5, 0.6) is 17.2 Å². The quantitative estimate of drug-likeness (QED) is 0.413. The number of phenolic OH excluding ortho intramolecular Hbond substituents is 1. The highest BCUT2D eigenvalue weighted by Gasteiger charge is 2.11. The van der Waals surface area contributed by atoms with Crippen molar-refractivity contribution >= 4 is 0 Å². The van der Waals surface area contributed by atoms with Gasteiger partial charge in [-0.3, -0.25) is 0 Å². The van der Waals surface area contributed by atoms with Gasteiger partial charge in [-0.2, -0.15) is 0 Å². The Morgan fingerprint density at radius 1 is 0.793 bits per heavy atom. The Balaban J connectivity index is 1.72. The Kier molecular flexibility index (Phi) is 7.35. The summed E-state index contributed by atoms with van der Waals surface area (Å²) in [5.41, 5.74) is 5.22. The van der Waals surface area contributed by atoms with Crippen molar-refractivity contribution in [2.45, 2.75) is 58.8 Å². The molecule has 0 aliphatic heterocycles. The van der Waals surface area contributed by atoms with Crippen molar-refractivity contribution in [2.24, 2.45) is 0 Å². The molecule has 152 valence electrons. The molecule has 29 heavy (non-hydrogen) atoms. The third-order valence-corrected chi connectivity index (χ3v) is 5.31. The van der Waals surface area contributed by atoms with Crippen LogP contribution in [0.15, 0.2) is 66.7 Å². The summed E-state index contributed by atoms with van der Waals surface area (Å²) in [6.45, 7) is 6.64. The fourth-order valence-corrected chi connectivity index (χ4v) is 3.72. The van der Waals surface area contributed by atoms with Gasteiger partial charge in [0, 0.05) is 0 Å². The van der Waals surface area contributed by atoms with E-state index in [9.17, 15) is 5.11 Å². The minimum atomic E-state index is 0.170. The molecule has 0 spiro atoms. The maximum atomic E-state index is 10.3. The highest BCUT2D eigenvalue weighted by Crippen LogP contribution is 2.33. The van der Waals surface area contributed by atoms with E-state index in [-0.39, 0.29) is 5.75 Å². The number of rotatable bonds is 9. The predicted octanol–water partition coefficient (Wildman–Crippen LogP) is 7.44. The maximum Gasteiger partial charge on any atom is 0.169 e. The van der Waals surface area contributed by atoms with Gasteiger partial charge in [-0.1, -0.05) is 76.1 Å². The van der Waals surface area contributed by atoms with Crippen LogP contribution in [0, 0.1) is 0 Å². The van der Waals surface area contributed by atoms with Crippen LogP contribution in [0.4, 0.5) is 0 Å². The minimum absolute atomic E-state index is 0.170. The first-order valence-electron chi connectivity index (χ1n) is 10.8. The van der Waals surface area contributed by atoms with Crippen LogP contribution in [0.2, 0.25) is 0 Å². The van der Waals surface area contributed by atoms with Crippen LogP contribution in [0.1, 0.15) is 61.8 Å². The second-order valence-corrected chi connectivity index (χ2v) is 7.90. The van der Waals surface area contributed by atoms with Gasteiger partial charge < -0.3 is 9.84 Å². The van der Waals surface area contributed by atoms with E-state index in [1.807, 2.05) is 24.3 Å². The van der Waals surface area contributed by atoms with Crippen LogP contribution < -0.4 is 4.74 Å². The Hall–Kier alpha value is -2.74. The molecule has 3 rings (SSSR count). The molecule has 1 N–H and O–H groups in total. The van der Waals surface area contributed by atoms with Gasteiger partial charge in [0.05, 0.1) is 0 Å². The average molecular weight is 389 g/mol. The highest BCUT2D eigenvalue weighted by molar-refractivity contribution is 5.45. The number of hydrogen-bond acceptors (Lipinski definition) is 2. The normalized spacial score (nSPS) is 12.0. The van der Waals surface area contributed by atoms with Crippen molar-refractivity contribution in [3.8, 4) is 17.2 Å². The van der Waals surface area contributed by atoms with E-state index in [1.165, 1.54) is 16.7 Å². The van der Waals surface area contributed by atoms with E-state index >= 15 is 0 Å². The van der Waals surface area contributed by atoms with Gasteiger partial charge in [0.25, 0.3) is 0 Å². The molecule has 0 bridgehead atoms. The zero-order chi connectivity index (χ0) is 20.6. The molecule has 3 aromatic rings. The molecule has 2 nitrogen and oxygen atoms in total. The third-order valence-electron chi connectivity index (χ3n) is 5.31. The predicted molar refractivity (Wildman–Crippen MR) is 121 cm³/mol. The molecule has 0 amide bonds. The smallest absolute Gasteiger partial charge is 0.169 e. The van der Waals surface area contributed by atoms with Gasteiger partial charge in [0.1, 0.15) is 5.75 Å². The lowest BCUT2D eigenvalue weighted by molar-refractivity contribution is 0.410. The number of aromatic hydroxyl groups is 1. The van der Waals surface area contributed by atoms with Gasteiger partial charge in [-0.25, -0.2) is 0 Å². The lowest BCUT2D eigenvalue weighted by atomic mass is 9.92. The zero-order valence-electron chi connectivity index (χ0n) is 17.8. The second kappa shape index (κ2) is 10.2. The van der Waals surface area contributed by atoms with Crippen molar-refractivity contribution < 1.29 is 9.84 Å². The Labute approximate surface area is 175 Å². The molecule has 0 saturated heterocycles. The number of hydrogen-bond donors (Lipinski definition) is 1. The zero-order valence-corrected chi connectivity index (χ0v) is 17.8. The Bertz CT molecular complexity index is 912. The van der Waals surface area contributed by atoms with E-state index in [2.05, 4.69) is 57.2 Å². The van der Waals surface area contributed by atoms with Crippen LogP contribution in [0.25, 0.3) is 0 Å². The average Bonchev–Trinajstić information content (AvgIpc) is 2.72. The second-order valence-electron chi connectivity index (χ2n) is 7.90. The van der Waals surface area contributed by atoms with Gasteiger partial charge in [0.15, 0.2) is 11.5 Å². The van der Waals surface area contributed by atoms with E-state index in [0.717, 1.165) is 43.4 Å². The molecular weight excluding hydrogens is 356 g/mol. The van der Waals surface area contributed by atoms with Crippen molar-refractivity contribution in [2.75, 3.05) is 0 Å². The van der Waals surface area contributed by atoms with Gasteiger partial charge in [-0.05, 0) is 71.7 Å². The van der Waals surface area contributed by atoms with Crippen molar-refractivity contribution in [1.29, 1.82) is 0 Å². The topological polar surface area (TPSA) is 29.5 Å². The monoisotopic (exact) mass is 388 g/mol. The van der Waals surface area contributed by atoms with E-state index in [0.29, 0.717) is 11.7 Å². The molecule has 0 fully saturated rings. The lowest BCUT2D eigenvalue weighted by Crippen LogP contribution is -2.00. The first-order valence-corrected chi connectivity index (χ1v) is 10.8. The van der Waals surface area contributed by atoms with Gasteiger partial charge >= 0.3 is 0 Å². The summed E-state index contributed by atoms with van der Waals surface area (Å²) in [7, 11) is 0. The Morgan fingerprint density at radius 2 is 1.48 bits per heavy atom. The summed E-state index contributed by atoms with van der Waals surface area (Å²) in [4.78, 5) is 0. The van der Waals surface area contributed by atoms with Crippen LogP contribution >= 0.6 is 0 Å². The number of benzene rings is 3. The number of aryl methyl sites for hydroxylation is 2. The molecule has 0 heterocycles. The van der Waals surface area contributed by atoms with E-state index in [4.69, 9.17) is 4.74 Å². The molecule has 2 heteroatoms. The lowest BCUT2D eigenvalue weighted by Gasteiger charge is -2.15. The first-order chi connectivity index (χ1) is 14.1. The van der Waals surface area contributed by atoms with E-state index in [1.54, 1.807) is 6.07 Å². The molecule has 0 aliphatic rings.